The molecule has 1 unspecified atom stereocenters. The molecule has 3 rings (SSSR count). The lowest BCUT2D eigenvalue weighted by molar-refractivity contribution is -0.122. The van der Waals surface area contributed by atoms with Gasteiger partial charge in [0.1, 0.15) is 5.82 Å². The van der Waals surface area contributed by atoms with E-state index in [1.165, 1.54) is 6.07 Å². The van der Waals surface area contributed by atoms with Crippen LogP contribution in [0.2, 0.25) is 0 Å². The number of fused-ring (bicyclic) bond motifs is 1. The van der Waals surface area contributed by atoms with Crippen molar-refractivity contribution in [3.63, 3.8) is 0 Å². The van der Waals surface area contributed by atoms with Gasteiger partial charge >= 0.3 is 0 Å². The van der Waals surface area contributed by atoms with E-state index in [0.717, 1.165) is 54.7 Å². The van der Waals surface area contributed by atoms with Crippen LogP contribution in [0.1, 0.15) is 52.5 Å². The second-order valence-corrected chi connectivity index (χ2v) is 11.1. The van der Waals surface area contributed by atoms with Crippen LogP contribution < -0.4 is 10.0 Å². The van der Waals surface area contributed by atoms with E-state index in [-0.39, 0.29) is 17.1 Å². The average molecular weight is 463 g/mol. The van der Waals surface area contributed by atoms with Crippen LogP contribution in [0, 0.1) is 17.2 Å². The molecule has 2 aromatic rings. The smallest absolute Gasteiger partial charge is 0.220 e. The fraction of sp³-hybridized carbons (Fsp3) is 0.640. The van der Waals surface area contributed by atoms with Crippen molar-refractivity contribution in [2.45, 2.75) is 59.4 Å². The van der Waals surface area contributed by atoms with Crippen LogP contribution in [-0.4, -0.2) is 53.8 Å². The first kappa shape index (κ1) is 25.1. The van der Waals surface area contributed by atoms with Crippen LogP contribution in [0.3, 0.4) is 0 Å². The topological polar surface area (TPSA) is 60.2 Å². The zero-order valence-electron chi connectivity index (χ0n) is 20.0. The van der Waals surface area contributed by atoms with Crippen molar-refractivity contribution < 1.29 is 9.18 Å². The van der Waals surface area contributed by atoms with Crippen molar-refractivity contribution in [3.05, 3.63) is 35.8 Å². The molecule has 0 spiro atoms. The van der Waals surface area contributed by atoms with E-state index < -0.39 is 0 Å². The summed E-state index contributed by atoms with van der Waals surface area (Å²) in [6, 6.07) is 5.21. The van der Waals surface area contributed by atoms with Gasteiger partial charge in [0.2, 0.25) is 5.91 Å². The van der Waals surface area contributed by atoms with E-state index in [2.05, 4.69) is 47.6 Å². The molecule has 1 atom stereocenters. The molecule has 1 fully saturated rings. The van der Waals surface area contributed by atoms with Crippen LogP contribution >= 0.6 is 11.9 Å². The van der Waals surface area contributed by atoms with E-state index in [1.54, 1.807) is 24.1 Å². The van der Waals surface area contributed by atoms with Crippen LogP contribution in [0.5, 0.6) is 0 Å². The molecule has 1 amide bonds. The number of aromatic amines is 1. The lowest BCUT2D eigenvalue weighted by atomic mass is 9.86. The zero-order chi connectivity index (χ0) is 23.1. The Labute approximate surface area is 196 Å². The van der Waals surface area contributed by atoms with Gasteiger partial charge in [-0.1, -0.05) is 39.6 Å². The number of H-pyrrole nitrogens is 1. The third kappa shape index (κ3) is 7.22. The maximum atomic E-state index is 13.5. The summed E-state index contributed by atoms with van der Waals surface area (Å²) in [5.74, 6) is 1.42. The van der Waals surface area contributed by atoms with E-state index in [0.29, 0.717) is 31.3 Å². The van der Waals surface area contributed by atoms with Crippen molar-refractivity contribution in [2.24, 2.45) is 11.3 Å². The first-order valence-corrected chi connectivity index (χ1v) is 12.9. The minimum Gasteiger partial charge on any atom is -0.361 e. The Morgan fingerprint density at radius 2 is 2.06 bits per heavy atom. The van der Waals surface area contributed by atoms with Gasteiger partial charge in [0.05, 0.1) is 0 Å². The van der Waals surface area contributed by atoms with Crippen molar-refractivity contribution in [3.8, 4) is 0 Å². The van der Waals surface area contributed by atoms with Gasteiger partial charge in [-0.3, -0.25) is 9.52 Å². The summed E-state index contributed by atoms with van der Waals surface area (Å²) in [4.78, 5) is 18.2. The van der Waals surface area contributed by atoms with Gasteiger partial charge in [-0.2, -0.15) is 0 Å². The molecule has 7 heteroatoms. The summed E-state index contributed by atoms with van der Waals surface area (Å²) < 4.78 is 17.2. The fourth-order valence-electron chi connectivity index (χ4n) is 4.33. The molecular weight excluding hydrogens is 423 g/mol. The van der Waals surface area contributed by atoms with Crippen LogP contribution in [0.15, 0.2) is 24.4 Å². The summed E-state index contributed by atoms with van der Waals surface area (Å²) in [5.41, 5.74) is 2.18. The molecule has 1 aliphatic rings. The second-order valence-electron chi connectivity index (χ2n) is 10.0. The number of piperidine rings is 1. The normalized spacial score (nSPS) is 17.0. The van der Waals surface area contributed by atoms with Crippen LogP contribution in [-0.2, 0) is 11.2 Å². The van der Waals surface area contributed by atoms with E-state index in [9.17, 15) is 9.18 Å². The SMILES string of the molecule is CCSNC(CN1CCC(CC(=O)NCCc2c[nH]c3ccc(F)cc23)CC1)C(C)(C)C. The second kappa shape index (κ2) is 11.5. The van der Waals surface area contributed by atoms with Gasteiger partial charge in [-0.25, -0.2) is 4.39 Å². The molecule has 0 bridgehead atoms. The molecule has 0 saturated carbocycles. The van der Waals surface area contributed by atoms with Gasteiger partial charge in [-0.15, -0.1) is 0 Å². The van der Waals surface area contributed by atoms with Crippen LogP contribution in [0.25, 0.3) is 10.9 Å². The minimum absolute atomic E-state index is 0.128. The summed E-state index contributed by atoms with van der Waals surface area (Å²) in [5, 5.41) is 3.96. The van der Waals surface area contributed by atoms with Gasteiger partial charge < -0.3 is 15.2 Å². The number of nitrogens with zero attached hydrogens (tertiary/aromatic N) is 1. The van der Waals surface area contributed by atoms with Crippen LogP contribution in [0.4, 0.5) is 4.39 Å². The third-order valence-electron chi connectivity index (χ3n) is 6.48. The molecule has 1 saturated heterocycles. The Bertz CT molecular complexity index is 870. The molecule has 1 aromatic heterocycles. The molecule has 1 aliphatic heterocycles. The standard InChI is InChI=1S/C25H39FN4OS/c1-5-32-29-23(25(2,3)4)17-30-12-9-18(10-13-30)14-24(31)27-11-8-19-16-28-22-7-6-20(26)15-21(19)22/h6-7,15-16,18,23,28-29H,5,8-14,17H2,1-4H3,(H,27,31). The van der Waals surface area contributed by atoms with Crippen molar-refractivity contribution in [1.82, 2.24) is 19.9 Å². The number of carbonyl (C=O) groups excluding carboxylic acids is 1. The van der Waals surface area contributed by atoms with E-state index in [4.69, 9.17) is 0 Å². The average Bonchev–Trinajstić information content (AvgIpc) is 3.13. The Balaban J connectivity index is 1.38. The summed E-state index contributed by atoms with van der Waals surface area (Å²) >= 11 is 1.80. The largest absolute Gasteiger partial charge is 0.361 e. The third-order valence-corrected chi connectivity index (χ3v) is 7.22. The molecule has 0 aliphatic carbocycles. The number of nitrogens with one attached hydrogen (secondary N) is 3. The molecule has 3 N–H and O–H groups in total. The summed E-state index contributed by atoms with van der Waals surface area (Å²) in [6.07, 6.45) is 5.36. The molecule has 32 heavy (non-hydrogen) atoms. The molecule has 178 valence electrons. The minimum atomic E-state index is -0.234. The van der Waals surface area contributed by atoms with Crippen molar-refractivity contribution >= 4 is 28.8 Å². The number of halogens is 1. The maximum Gasteiger partial charge on any atom is 0.220 e. The number of amides is 1. The number of likely N-dealkylation sites (tertiary alicyclic amines) is 1. The highest BCUT2D eigenvalue weighted by atomic mass is 32.2. The highest BCUT2D eigenvalue weighted by Crippen LogP contribution is 2.26. The zero-order valence-corrected chi connectivity index (χ0v) is 20.8. The molecule has 0 radical (unpaired) electrons. The Morgan fingerprint density at radius 1 is 1.31 bits per heavy atom. The van der Waals surface area contributed by atoms with E-state index >= 15 is 0 Å². The number of aromatic nitrogens is 1. The van der Waals surface area contributed by atoms with Gasteiger partial charge in [0, 0.05) is 48.4 Å². The maximum absolute atomic E-state index is 13.5. The number of hydrogen-bond donors (Lipinski definition) is 3. The highest BCUT2D eigenvalue weighted by molar-refractivity contribution is 7.97. The molecule has 1 aromatic carbocycles. The number of hydrogen-bond acceptors (Lipinski definition) is 4. The Hall–Kier alpha value is -1.57. The Morgan fingerprint density at radius 3 is 2.75 bits per heavy atom. The number of carbonyl (C=O) groups is 1. The lowest BCUT2D eigenvalue weighted by Gasteiger charge is -2.38. The predicted molar refractivity (Wildman–Crippen MR) is 133 cm³/mol. The summed E-state index contributed by atoms with van der Waals surface area (Å²) in [6.45, 7) is 12.8. The first-order valence-electron chi connectivity index (χ1n) is 11.9. The van der Waals surface area contributed by atoms with Crippen molar-refractivity contribution in [1.29, 1.82) is 0 Å². The van der Waals surface area contributed by atoms with Crippen molar-refractivity contribution in [2.75, 3.05) is 31.9 Å². The molecule has 5 nitrogen and oxygen atoms in total. The molecule has 2 heterocycles. The van der Waals surface area contributed by atoms with Gasteiger partial charge in [-0.05, 0) is 67.4 Å². The number of benzene rings is 1. The Kier molecular flexibility index (Phi) is 9.03. The quantitative estimate of drug-likeness (QED) is 0.447. The van der Waals surface area contributed by atoms with Gasteiger partial charge in [0.15, 0.2) is 0 Å². The first-order chi connectivity index (χ1) is 15.3. The highest BCUT2D eigenvalue weighted by Gasteiger charge is 2.29. The van der Waals surface area contributed by atoms with Gasteiger partial charge in [0.25, 0.3) is 0 Å². The summed E-state index contributed by atoms with van der Waals surface area (Å²) in [7, 11) is 0. The lowest BCUT2D eigenvalue weighted by Crippen LogP contribution is -2.48. The molecular formula is C25H39FN4OS. The van der Waals surface area contributed by atoms with E-state index in [1.807, 2.05) is 6.20 Å². The fourth-order valence-corrected chi connectivity index (χ4v) is 5.13. The predicted octanol–water partition coefficient (Wildman–Crippen LogP) is 4.74. The number of rotatable bonds is 10. The monoisotopic (exact) mass is 462 g/mol.